The number of hydrogen-bond donors (Lipinski definition) is 1. The molecule has 1 aliphatic rings. The second kappa shape index (κ2) is 4.23. The zero-order valence-corrected chi connectivity index (χ0v) is 8.19. The Hall–Kier alpha value is -1.03. The summed E-state index contributed by atoms with van der Waals surface area (Å²) in [6.45, 7) is 0.795. The number of nitrogens with one attached hydrogen (secondary N) is 1. The van der Waals surface area contributed by atoms with Crippen LogP contribution in [-0.4, -0.2) is 6.54 Å². The van der Waals surface area contributed by atoms with Crippen LogP contribution in [0.15, 0.2) is 12.1 Å². The highest BCUT2D eigenvalue weighted by Gasteiger charge is 2.20. The van der Waals surface area contributed by atoms with Gasteiger partial charge < -0.3 is 5.32 Å². The van der Waals surface area contributed by atoms with Gasteiger partial charge >= 0.3 is 0 Å². The molecule has 15 heavy (non-hydrogen) atoms. The Labute approximate surface area is 86.3 Å². The minimum Gasteiger partial charge on any atom is -0.310 e. The largest absolute Gasteiger partial charge is 0.310 e. The smallest absolute Gasteiger partial charge is 0.161 e. The Balaban J connectivity index is 2.30. The number of halogens is 3. The molecule has 0 saturated carbocycles. The maximum Gasteiger partial charge on any atom is 0.161 e. The van der Waals surface area contributed by atoms with Crippen molar-refractivity contribution in [3.8, 4) is 0 Å². The van der Waals surface area contributed by atoms with E-state index in [-0.39, 0.29) is 11.6 Å². The maximum absolute atomic E-state index is 13.4. The Morgan fingerprint density at radius 3 is 2.40 bits per heavy atom. The topological polar surface area (TPSA) is 12.0 Å². The molecule has 0 spiro atoms. The van der Waals surface area contributed by atoms with Gasteiger partial charge in [0.25, 0.3) is 0 Å². The molecule has 1 atom stereocenters. The first-order chi connectivity index (χ1) is 7.18. The molecule has 0 aliphatic carbocycles. The van der Waals surface area contributed by atoms with E-state index in [0.717, 1.165) is 31.9 Å². The highest BCUT2D eigenvalue weighted by molar-refractivity contribution is 5.23. The van der Waals surface area contributed by atoms with Crippen LogP contribution < -0.4 is 5.32 Å². The third-order valence-corrected chi connectivity index (χ3v) is 2.73. The fourth-order valence-electron chi connectivity index (χ4n) is 1.92. The predicted molar refractivity (Wildman–Crippen MR) is 50.9 cm³/mol. The molecule has 0 unspecified atom stereocenters. The maximum atomic E-state index is 13.4. The predicted octanol–water partition coefficient (Wildman–Crippen LogP) is 2.92. The van der Waals surface area contributed by atoms with Crippen LogP contribution in [0, 0.1) is 17.5 Å². The van der Waals surface area contributed by atoms with Crippen LogP contribution in [0.1, 0.15) is 30.9 Å². The summed E-state index contributed by atoms with van der Waals surface area (Å²) >= 11 is 0. The Morgan fingerprint density at radius 2 is 1.73 bits per heavy atom. The van der Waals surface area contributed by atoms with Crippen LogP contribution in [0.25, 0.3) is 0 Å². The molecular weight excluding hydrogens is 203 g/mol. The van der Waals surface area contributed by atoms with E-state index in [1.807, 2.05) is 0 Å². The second-order valence-corrected chi connectivity index (χ2v) is 3.79. The second-order valence-electron chi connectivity index (χ2n) is 3.79. The molecule has 1 aliphatic heterocycles. The van der Waals surface area contributed by atoms with Crippen LogP contribution in [0.2, 0.25) is 0 Å². The number of rotatable bonds is 1. The SMILES string of the molecule is Fc1cc(F)c([C@H]2CCCCN2)cc1F. The number of piperidine rings is 1. The summed E-state index contributed by atoms with van der Waals surface area (Å²) in [4.78, 5) is 0. The minimum absolute atomic E-state index is 0.186. The minimum atomic E-state index is -1.13. The van der Waals surface area contributed by atoms with Gasteiger partial charge in [-0.25, -0.2) is 13.2 Å². The van der Waals surface area contributed by atoms with Crippen molar-refractivity contribution in [2.75, 3.05) is 6.54 Å². The van der Waals surface area contributed by atoms with Crippen LogP contribution >= 0.6 is 0 Å². The standard InChI is InChI=1S/C11H12F3N/c12-8-6-10(14)9(13)5-7(8)11-3-1-2-4-15-11/h5-6,11,15H,1-4H2/t11-/m1/s1. The van der Waals surface area contributed by atoms with E-state index in [1.54, 1.807) is 0 Å². The molecule has 2 rings (SSSR count). The summed E-state index contributed by atoms with van der Waals surface area (Å²) in [6, 6.07) is 1.38. The monoisotopic (exact) mass is 215 g/mol. The van der Waals surface area contributed by atoms with E-state index in [0.29, 0.717) is 6.07 Å². The van der Waals surface area contributed by atoms with E-state index in [1.165, 1.54) is 0 Å². The van der Waals surface area contributed by atoms with Gasteiger partial charge in [-0.05, 0) is 25.5 Å². The Bertz CT molecular complexity index is 359. The molecule has 82 valence electrons. The zero-order chi connectivity index (χ0) is 10.8. The summed E-state index contributed by atoms with van der Waals surface area (Å²) in [5, 5.41) is 3.09. The van der Waals surface area contributed by atoms with Gasteiger partial charge in [0.1, 0.15) is 5.82 Å². The van der Waals surface area contributed by atoms with Gasteiger partial charge in [-0.3, -0.25) is 0 Å². The van der Waals surface area contributed by atoms with Crippen molar-refractivity contribution < 1.29 is 13.2 Å². The van der Waals surface area contributed by atoms with E-state index in [9.17, 15) is 13.2 Å². The van der Waals surface area contributed by atoms with Gasteiger partial charge in [0.2, 0.25) is 0 Å². The first-order valence-electron chi connectivity index (χ1n) is 5.06. The van der Waals surface area contributed by atoms with Crippen molar-refractivity contribution in [3.05, 3.63) is 35.1 Å². The van der Waals surface area contributed by atoms with E-state index < -0.39 is 17.5 Å². The molecule has 1 fully saturated rings. The third-order valence-electron chi connectivity index (χ3n) is 2.73. The molecule has 0 bridgehead atoms. The summed E-state index contributed by atoms with van der Waals surface area (Å²) in [5.41, 5.74) is 0.230. The summed E-state index contributed by atoms with van der Waals surface area (Å²) in [6.07, 6.45) is 2.79. The summed E-state index contributed by atoms with van der Waals surface area (Å²) in [5.74, 6) is -2.79. The Kier molecular flexibility index (Phi) is 2.95. The van der Waals surface area contributed by atoms with Gasteiger partial charge in [-0.15, -0.1) is 0 Å². The number of benzene rings is 1. The lowest BCUT2D eigenvalue weighted by Gasteiger charge is -2.24. The average Bonchev–Trinajstić information content (AvgIpc) is 2.25. The first kappa shape index (κ1) is 10.5. The highest BCUT2D eigenvalue weighted by atomic mass is 19.2. The van der Waals surface area contributed by atoms with Crippen molar-refractivity contribution in [1.82, 2.24) is 5.32 Å². The molecule has 0 radical (unpaired) electrons. The lowest BCUT2D eigenvalue weighted by Crippen LogP contribution is -2.27. The normalized spacial score (nSPS) is 21.7. The molecule has 1 nitrogen and oxygen atoms in total. The van der Waals surface area contributed by atoms with Crippen LogP contribution in [-0.2, 0) is 0 Å². The van der Waals surface area contributed by atoms with Gasteiger partial charge in [0.15, 0.2) is 11.6 Å². The molecule has 1 saturated heterocycles. The fourth-order valence-corrected chi connectivity index (χ4v) is 1.92. The zero-order valence-electron chi connectivity index (χ0n) is 8.19. The van der Waals surface area contributed by atoms with Crippen molar-refractivity contribution in [1.29, 1.82) is 0 Å². The van der Waals surface area contributed by atoms with Gasteiger partial charge in [0, 0.05) is 17.7 Å². The van der Waals surface area contributed by atoms with Crippen molar-refractivity contribution in [3.63, 3.8) is 0 Å². The fraction of sp³-hybridized carbons (Fsp3) is 0.455. The molecule has 1 aromatic carbocycles. The van der Waals surface area contributed by atoms with E-state index >= 15 is 0 Å². The lowest BCUT2D eigenvalue weighted by molar-refractivity contribution is 0.393. The molecule has 1 N–H and O–H groups in total. The van der Waals surface area contributed by atoms with Crippen molar-refractivity contribution in [2.24, 2.45) is 0 Å². The Morgan fingerprint density at radius 1 is 1.00 bits per heavy atom. The summed E-state index contributed by atoms with van der Waals surface area (Å²) in [7, 11) is 0. The molecule has 1 aromatic rings. The average molecular weight is 215 g/mol. The molecule has 4 heteroatoms. The van der Waals surface area contributed by atoms with E-state index in [4.69, 9.17) is 0 Å². The molecule has 1 heterocycles. The molecular formula is C11H12F3N. The third kappa shape index (κ3) is 2.15. The van der Waals surface area contributed by atoms with Gasteiger partial charge in [-0.1, -0.05) is 6.42 Å². The first-order valence-corrected chi connectivity index (χ1v) is 5.06. The number of hydrogen-bond acceptors (Lipinski definition) is 1. The van der Waals surface area contributed by atoms with E-state index in [2.05, 4.69) is 5.32 Å². The summed E-state index contributed by atoms with van der Waals surface area (Å²) < 4.78 is 39.0. The van der Waals surface area contributed by atoms with Gasteiger partial charge in [-0.2, -0.15) is 0 Å². The van der Waals surface area contributed by atoms with Crippen LogP contribution in [0.3, 0.4) is 0 Å². The van der Waals surface area contributed by atoms with Gasteiger partial charge in [0.05, 0.1) is 0 Å². The van der Waals surface area contributed by atoms with Crippen molar-refractivity contribution in [2.45, 2.75) is 25.3 Å². The van der Waals surface area contributed by atoms with Crippen LogP contribution in [0.5, 0.6) is 0 Å². The van der Waals surface area contributed by atoms with Crippen LogP contribution in [0.4, 0.5) is 13.2 Å². The molecule has 0 aromatic heterocycles. The lowest BCUT2D eigenvalue weighted by atomic mass is 9.97. The van der Waals surface area contributed by atoms with Crippen molar-refractivity contribution >= 4 is 0 Å². The quantitative estimate of drug-likeness (QED) is 0.710. The molecule has 0 amide bonds. The highest BCUT2D eigenvalue weighted by Crippen LogP contribution is 2.26.